The highest BCUT2D eigenvalue weighted by molar-refractivity contribution is 7.17. The van der Waals surface area contributed by atoms with Crippen molar-refractivity contribution >= 4 is 33.1 Å². The number of rotatable bonds is 6. The quantitative estimate of drug-likeness (QED) is 0.435. The van der Waals surface area contributed by atoms with E-state index in [-0.39, 0.29) is 6.10 Å². The number of anilines is 1. The SMILES string of the molecule is COC(=O)c1cc(-c2csc3cc(C(F)(F)F)ccc23)ccc1N1CCOC(CNC2CCC2)C1. The molecule has 1 aliphatic carbocycles. The van der Waals surface area contributed by atoms with Crippen molar-refractivity contribution in [1.29, 1.82) is 0 Å². The first kappa shape index (κ1) is 24.1. The van der Waals surface area contributed by atoms with Crippen LogP contribution < -0.4 is 10.2 Å². The van der Waals surface area contributed by atoms with Gasteiger partial charge in [-0.2, -0.15) is 13.2 Å². The molecular weight excluding hydrogens is 477 g/mol. The third-order valence-corrected chi connectivity index (χ3v) is 7.78. The highest BCUT2D eigenvalue weighted by Gasteiger charge is 2.31. The summed E-state index contributed by atoms with van der Waals surface area (Å²) in [6, 6.07) is 9.93. The monoisotopic (exact) mass is 504 g/mol. The summed E-state index contributed by atoms with van der Waals surface area (Å²) < 4.78 is 50.9. The van der Waals surface area contributed by atoms with Gasteiger partial charge in [-0.05, 0) is 48.1 Å². The zero-order chi connectivity index (χ0) is 24.6. The van der Waals surface area contributed by atoms with Crippen molar-refractivity contribution in [3.05, 3.63) is 52.9 Å². The lowest BCUT2D eigenvalue weighted by Crippen LogP contribution is -2.49. The Bertz CT molecular complexity index is 1220. The minimum Gasteiger partial charge on any atom is -0.465 e. The van der Waals surface area contributed by atoms with E-state index in [4.69, 9.17) is 9.47 Å². The van der Waals surface area contributed by atoms with Crippen molar-refractivity contribution in [2.24, 2.45) is 0 Å². The van der Waals surface area contributed by atoms with Crippen molar-refractivity contribution in [2.75, 3.05) is 38.3 Å². The van der Waals surface area contributed by atoms with Crippen LogP contribution in [0.25, 0.3) is 21.2 Å². The lowest BCUT2D eigenvalue weighted by atomic mass is 9.93. The molecule has 9 heteroatoms. The van der Waals surface area contributed by atoms with Gasteiger partial charge in [0.2, 0.25) is 0 Å². The van der Waals surface area contributed by atoms with E-state index in [9.17, 15) is 18.0 Å². The van der Waals surface area contributed by atoms with Crippen molar-refractivity contribution in [2.45, 2.75) is 37.6 Å². The minimum atomic E-state index is -4.39. The standard InChI is InChI=1S/C26H27F3N2O3S/c1-33-25(32)21-11-16(22-15-35-24-12-17(26(27,28)29)6-7-20(22)24)5-8-23(21)31-9-10-34-19(14-31)13-30-18-3-2-4-18/h5-8,11-12,15,18-19,30H,2-4,9-10,13-14H2,1H3. The van der Waals surface area contributed by atoms with E-state index in [2.05, 4.69) is 10.2 Å². The van der Waals surface area contributed by atoms with Gasteiger partial charge in [-0.1, -0.05) is 18.6 Å². The van der Waals surface area contributed by atoms with Crippen LogP contribution in [0.3, 0.4) is 0 Å². The molecule has 35 heavy (non-hydrogen) atoms. The maximum atomic E-state index is 13.1. The van der Waals surface area contributed by atoms with Gasteiger partial charge in [0.15, 0.2) is 0 Å². The summed E-state index contributed by atoms with van der Waals surface area (Å²) in [6.45, 7) is 2.65. The van der Waals surface area contributed by atoms with Crippen molar-refractivity contribution in [3.63, 3.8) is 0 Å². The van der Waals surface area contributed by atoms with Crippen LogP contribution in [0.4, 0.5) is 18.9 Å². The number of methoxy groups -OCH3 is 1. The Morgan fingerprint density at radius 1 is 1.23 bits per heavy atom. The zero-order valence-corrected chi connectivity index (χ0v) is 20.2. The molecule has 1 aromatic heterocycles. The molecule has 0 spiro atoms. The summed E-state index contributed by atoms with van der Waals surface area (Å²) in [5.74, 6) is -0.448. The lowest BCUT2D eigenvalue weighted by molar-refractivity contribution is -0.137. The number of benzene rings is 2. The van der Waals surface area contributed by atoms with Gasteiger partial charge >= 0.3 is 12.1 Å². The number of morpholine rings is 1. The molecule has 1 aliphatic heterocycles. The summed E-state index contributed by atoms with van der Waals surface area (Å²) in [6.07, 6.45) is -0.675. The van der Waals surface area contributed by atoms with Crippen molar-refractivity contribution in [1.82, 2.24) is 5.32 Å². The van der Waals surface area contributed by atoms with Crippen LogP contribution in [0.15, 0.2) is 41.8 Å². The topological polar surface area (TPSA) is 50.8 Å². The molecule has 1 saturated carbocycles. The van der Waals surface area contributed by atoms with Gasteiger partial charge in [0.1, 0.15) is 0 Å². The Hall–Kier alpha value is -2.62. The third kappa shape index (κ3) is 5.03. The van der Waals surface area contributed by atoms with Gasteiger partial charge in [-0.25, -0.2) is 4.79 Å². The van der Waals surface area contributed by atoms with E-state index < -0.39 is 17.7 Å². The Kier molecular flexibility index (Phi) is 6.74. The lowest BCUT2D eigenvalue weighted by Gasteiger charge is -2.37. The fraction of sp³-hybridized carbons (Fsp3) is 0.423. The number of nitrogens with one attached hydrogen (secondary N) is 1. The fourth-order valence-corrected chi connectivity index (χ4v) is 5.66. The van der Waals surface area contributed by atoms with E-state index in [0.29, 0.717) is 36.0 Å². The molecule has 2 heterocycles. The molecule has 3 aromatic rings. The molecular formula is C26H27F3N2O3S. The number of fused-ring (bicyclic) bond motifs is 1. The first-order valence-electron chi connectivity index (χ1n) is 11.7. The largest absolute Gasteiger partial charge is 0.465 e. The Morgan fingerprint density at radius 3 is 2.77 bits per heavy atom. The van der Waals surface area contributed by atoms with E-state index >= 15 is 0 Å². The molecule has 1 N–H and O–H groups in total. The maximum absolute atomic E-state index is 13.1. The predicted molar refractivity (Wildman–Crippen MR) is 131 cm³/mol. The van der Waals surface area contributed by atoms with E-state index in [1.165, 1.54) is 49.8 Å². The summed E-state index contributed by atoms with van der Waals surface area (Å²) in [7, 11) is 1.35. The Labute approximate surface area is 205 Å². The number of hydrogen-bond donors (Lipinski definition) is 1. The highest BCUT2D eigenvalue weighted by Crippen LogP contribution is 2.39. The highest BCUT2D eigenvalue weighted by atomic mass is 32.1. The van der Waals surface area contributed by atoms with Crippen LogP contribution >= 0.6 is 11.3 Å². The summed E-state index contributed by atoms with van der Waals surface area (Å²) in [5, 5.41) is 6.11. The van der Waals surface area contributed by atoms with E-state index in [1.807, 2.05) is 17.5 Å². The minimum absolute atomic E-state index is 0.0261. The number of esters is 1. The molecule has 2 fully saturated rings. The van der Waals surface area contributed by atoms with Gasteiger partial charge in [0.25, 0.3) is 0 Å². The van der Waals surface area contributed by atoms with Crippen LogP contribution in [0, 0.1) is 0 Å². The number of halogens is 3. The number of carbonyl (C=O) groups is 1. The normalized spacial score (nSPS) is 19.1. The second kappa shape index (κ2) is 9.79. The average molecular weight is 505 g/mol. The molecule has 5 rings (SSSR count). The third-order valence-electron chi connectivity index (χ3n) is 6.83. The number of nitrogens with zero attached hydrogens (tertiary/aromatic N) is 1. The van der Waals surface area contributed by atoms with Crippen molar-refractivity contribution in [3.8, 4) is 11.1 Å². The summed E-state index contributed by atoms with van der Waals surface area (Å²) >= 11 is 1.26. The number of ether oxygens (including phenoxy) is 2. The van der Waals surface area contributed by atoms with Gasteiger partial charge in [-0.3, -0.25) is 0 Å². The van der Waals surface area contributed by atoms with Crippen LogP contribution in [-0.2, 0) is 15.7 Å². The van der Waals surface area contributed by atoms with E-state index in [0.717, 1.165) is 34.8 Å². The fourth-order valence-electron chi connectivity index (χ4n) is 4.65. The van der Waals surface area contributed by atoms with E-state index in [1.54, 1.807) is 6.07 Å². The maximum Gasteiger partial charge on any atom is 0.416 e. The summed E-state index contributed by atoms with van der Waals surface area (Å²) in [5.41, 5.74) is 2.09. The molecule has 0 bridgehead atoms. The average Bonchev–Trinajstić information content (AvgIpc) is 3.25. The number of thiophene rings is 1. The molecule has 2 aromatic carbocycles. The molecule has 5 nitrogen and oxygen atoms in total. The van der Waals surface area contributed by atoms with Crippen LogP contribution in [0.2, 0.25) is 0 Å². The molecule has 1 atom stereocenters. The number of hydrogen-bond acceptors (Lipinski definition) is 6. The van der Waals surface area contributed by atoms with Crippen LogP contribution in [0.5, 0.6) is 0 Å². The molecule has 0 amide bonds. The molecule has 0 radical (unpaired) electrons. The van der Waals surface area contributed by atoms with Gasteiger partial charge in [0.05, 0.1) is 36.6 Å². The van der Waals surface area contributed by atoms with Gasteiger partial charge in [0, 0.05) is 41.3 Å². The van der Waals surface area contributed by atoms with Gasteiger partial charge < -0.3 is 19.7 Å². The predicted octanol–water partition coefficient (Wildman–Crippen LogP) is 5.72. The summed E-state index contributed by atoms with van der Waals surface area (Å²) in [4.78, 5) is 14.9. The zero-order valence-electron chi connectivity index (χ0n) is 19.4. The van der Waals surface area contributed by atoms with Gasteiger partial charge in [-0.15, -0.1) is 11.3 Å². The number of alkyl halides is 3. The molecule has 186 valence electrons. The first-order chi connectivity index (χ1) is 16.8. The second-order valence-corrected chi connectivity index (χ2v) is 9.97. The molecule has 2 aliphatic rings. The first-order valence-corrected chi connectivity index (χ1v) is 12.6. The van der Waals surface area contributed by atoms with Crippen LogP contribution in [0.1, 0.15) is 35.2 Å². The van der Waals surface area contributed by atoms with Crippen LogP contribution in [-0.4, -0.2) is 51.5 Å². The second-order valence-electron chi connectivity index (χ2n) is 9.06. The smallest absolute Gasteiger partial charge is 0.416 e. The molecule has 1 saturated heterocycles. The molecule has 1 unspecified atom stereocenters. The Balaban J connectivity index is 1.43. The van der Waals surface area contributed by atoms with Crippen molar-refractivity contribution < 1.29 is 27.4 Å². The Morgan fingerprint density at radius 2 is 2.06 bits per heavy atom. The number of carbonyl (C=O) groups excluding carboxylic acids is 1.